The third-order valence-electron chi connectivity index (χ3n) is 2.68. The van der Waals surface area contributed by atoms with Crippen LogP contribution in [0.3, 0.4) is 0 Å². The molecule has 0 saturated carbocycles. The van der Waals surface area contributed by atoms with Crippen LogP contribution in [0.2, 0.25) is 0 Å². The van der Waals surface area contributed by atoms with Crippen LogP contribution in [0.5, 0.6) is 0 Å². The minimum Gasteiger partial charge on any atom is -0.282 e. The first-order valence-corrected chi connectivity index (χ1v) is 8.37. The van der Waals surface area contributed by atoms with Gasteiger partial charge in [-0.2, -0.15) is 18.6 Å². The average molecular weight is 369 g/mol. The Labute approximate surface area is 141 Å². The van der Waals surface area contributed by atoms with E-state index in [0.717, 1.165) is 0 Å². The lowest BCUT2D eigenvalue weighted by molar-refractivity contribution is -0.432. The van der Waals surface area contributed by atoms with E-state index in [-0.39, 0.29) is 4.90 Å². The van der Waals surface area contributed by atoms with Crippen LogP contribution < -0.4 is 0 Å². The van der Waals surface area contributed by atoms with E-state index in [1.807, 2.05) is 0 Å². The van der Waals surface area contributed by atoms with Gasteiger partial charge in [0.25, 0.3) is 10.1 Å². The molecule has 2 aromatic carbocycles. The zero-order valence-corrected chi connectivity index (χ0v) is 13.6. The summed E-state index contributed by atoms with van der Waals surface area (Å²) >= 11 is 0.710. The van der Waals surface area contributed by atoms with Crippen molar-refractivity contribution in [1.82, 2.24) is 0 Å². The molecule has 126 valence electrons. The summed E-state index contributed by atoms with van der Waals surface area (Å²) in [5.74, 6) is 0. The maximum absolute atomic E-state index is 11.0. The lowest BCUT2D eigenvalue weighted by atomic mass is 10.3. The third-order valence-corrected chi connectivity index (χ3v) is 4.19. The van der Waals surface area contributed by atoms with Gasteiger partial charge in [-0.15, -0.1) is 4.33 Å². The van der Waals surface area contributed by atoms with Crippen molar-refractivity contribution in [3.05, 3.63) is 42.5 Å². The van der Waals surface area contributed by atoms with Crippen molar-refractivity contribution in [2.45, 2.75) is 9.79 Å². The first-order chi connectivity index (χ1) is 11.4. The predicted octanol–water partition coefficient (Wildman–Crippen LogP) is 4.11. The van der Waals surface area contributed by atoms with Crippen molar-refractivity contribution >= 4 is 45.9 Å². The summed E-state index contributed by atoms with van der Waals surface area (Å²) in [6, 6.07) is 10.0. The van der Waals surface area contributed by atoms with Gasteiger partial charge in [0.1, 0.15) is 0 Å². The minimum absolute atomic E-state index is 0.234. The van der Waals surface area contributed by atoms with Crippen molar-refractivity contribution in [3.63, 3.8) is 0 Å². The number of aliphatic imine (C=N–C) groups is 1. The Balaban J connectivity index is 2.20. The fourth-order valence-electron chi connectivity index (χ4n) is 1.61. The summed E-state index contributed by atoms with van der Waals surface area (Å²) in [7, 11) is -4.25. The van der Waals surface area contributed by atoms with E-state index in [2.05, 4.69) is 31.3 Å². The quantitative estimate of drug-likeness (QED) is 0.187. The predicted molar refractivity (Wildman–Crippen MR) is 86.7 cm³/mol. The molecule has 0 unspecified atom stereocenters. The summed E-state index contributed by atoms with van der Waals surface area (Å²) in [5.41, 5.74) is 1.33. The molecule has 0 radical (unpaired) electrons. The number of azo groups is 1. The van der Waals surface area contributed by atoms with Crippen LogP contribution in [0.1, 0.15) is 0 Å². The van der Waals surface area contributed by atoms with E-state index in [0.29, 0.717) is 34.0 Å². The molecule has 0 spiro atoms. The molecular weight excluding hydrogens is 358 g/mol. The van der Waals surface area contributed by atoms with Crippen LogP contribution in [0.25, 0.3) is 0 Å². The zero-order valence-electron chi connectivity index (χ0n) is 11.9. The Morgan fingerprint density at radius 1 is 1.04 bits per heavy atom. The molecule has 11 heteroatoms. The highest BCUT2D eigenvalue weighted by Crippen LogP contribution is 2.34. The van der Waals surface area contributed by atoms with E-state index < -0.39 is 10.1 Å². The topological polar surface area (TPSA) is 130 Å². The van der Waals surface area contributed by atoms with Gasteiger partial charge >= 0.3 is 0 Å². The monoisotopic (exact) mass is 369 g/mol. The van der Waals surface area contributed by atoms with E-state index in [1.165, 1.54) is 24.3 Å². The van der Waals surface area contributed by atoms with Gasteiger partial charge in [0.2, 0.25) is 0 Å². The van der Waals surface area contributed by atoms with Crippen molar-refractivity contribution in [3.8, 4) is 0 Å². The number of nitrogens with zero attached hydrogens (tertiary/aromatic N) is 3. The Hall–Kier alpha value is -2.15. The molecule has 2 N–H and O–H groups in total. The molecule has 0 bridgehead atoms. The largest absolute Gasteiger partial charge is 0.294 e. The van der Waals surface area contributed by atoms with Gasteiger partial charge in [-0.1, -0.05) is 5.04 Å². The Bertz CT molecular complexity index is 853. The fourth-order valence-corrected chi connectivity index (χ4v) is 2.59. The molecular formula is C13H11N3O6S2. The molecule has 0 heterocycles. The molecule has 9 nitrogen and oxygen atoms in total. The molecule has 24 heavy (non-hydrogen) atoms. The highest BCUT2D eigenvalue weighted by atomic mass is 32.2. The van der Waals surface area contributed by atoms with Gasteiger partial charge < -0.3 is 0 Å². The first-order valence-electron chi connectivity index (χ1n) is 6.19. The normalized spacial score (nSPS) is 11.8. The van der Waals surface area contributed by atoms with Crippen LogP contribution in [0.15, 0.2) is 67.5 Å². The second-order valence-corrected chi connectivity index (χ2v) is 6.37. The summed E-state index contributed by atoms with van der Waals surface area (Å²) in [5, 5.41) is 19.7. The average Bonchev–Trinajstić information content (AvgIpc) is 2.57. The van der Waals surface area contributed by atoms with E-state index in [1.54, 1.807) is 18.2 Å². The summed E-state index contributed by atoms with van der Waals surface area (Å²) < 4.78 is 35.2. The lowest BCUT2D eigenvalue weighted by Gasteiger charge is -2.03. The van der Waals surface area contributed by atoms with E-state index in [4.69, 9.17) is 9.81 Å². The zero-order chi connectivity index (χ0) is 17.6. The Kier molecular flexibility index (Phi) is 6.14. The van der Waals surface area contributed by atoms with Crippen LogP contribution in [-0.2, 0) is 19.5 Å². The summed E-state index contributed by atoms with van der Waals surface area (Å²) in [4.78, 5) is 4.02. The molecule has 0 aliphatic carbocycles. The highest BCUT2D eigenvalue weighted by molar-refractivity contribution is 7.94. The van der Waals surface area contributed by atoms with Crippen LogP contribution >= 0.6 is 12.0 Å². The Morgan fingerprint density at radius 3 is 2.25 bits per heavy atom. The molecule has 2 aromatic rings. The van der Waals surface area contributed by atoms with Crippen molar-refractivity contribution < 1.29 is 27.6 Å². The smallest absolute Gasteiger partial charge is 0.282 e. The Morgan fingerprint density at radius 2 is 1.67 bits per heavy atom. The van der Waals surface area contributed by atoms with Gasteiger partial charge in [-0.05, 0) is 49.2 Å². The molecule has 0 atom stereocenters. The van der Waals surface area contributed by atoms with Crippen LogP contribution in [-0.4, -0.2) is 24.9 Å². The van der Waals surface area contributed by atoms with Gasteiger partial charge in [0.15, 0.2) is 0 Å². The fraction of sp³-hybridized carbons (Fsp3) is 0. The van der Waals surface area contributed by atoms with Gasteiger partial charge in [-0.3, -0.25) is 9.55 Å². The van der Waals surface area contributed by atoms with Gasteiger partial charge in [-0.25, -0.2) is 5.26 Å². The molecule has 0 aromatic heterocycles. The standard InChI is InChI=1S/C13H11N3O6S2/c1-14-12-7-4-10(8-13(12)23-22-21-17)16-15-9-2-5-11(6-3-9)24(18,19)20/h2-8,17H,1H2,(H,18,19,20). The lowest BCUT2D eigenvalue weighted by Crippen LogP contribution is -1.96. The third kappa shape index (κ3) is 4.92. The minimum atomic E-state index is -4.25. The molecule has 0 aliphatic heterocycles. The molecule has 2 rings (SSSR count). The second-order valence-electron chi connectivity index (χ2n) is 4.21. The van der Waals surface area contributed by atoms with Crippen LogP contribution in [0, 0.1) is 0 Å². The first kappa shape index (κ1) is 18.2. The van der Waals surface area contributed by atoms with Crippen molar-refractivity contribution in [1.29, 1.82) is 0 Å². The molecule has 0 saturated heterocycles. The molecule has 0 amide bonds. The van der Waals surface area contributed by atoms with Crippen LogP contribution in [0.4, 0.5) is 17.1 Å². The summed E-state index contributed by atoms with van der Waals surface area (Å²) in [6.07, 6.45) is 0. The van der Waals surface area contributed by atoms with Gasteiger partial charge in [0, 0.05) is 0 Å². The second kappa shape index (κ2) is 8.10. The van der Waals surface area contributed by atoms with Crippen molar-refractivity contribution in [2.24, 2.45) is 15.2 Å². The maximum Gasteiger partial charge on any atom is 0.294 e. The summed E-state index contributed by atoms with van der Waals surface area (Å²) in [6.45, 7) is 3.41. The SMILES string of the molecule is C=Nc1ccc(N=Nc2ccc(S(=O)(=O)O)cc2)cc1SOOO. The van der Waals surface area contributed by atoms with Gasteiger partial charge in [0.05, 0.1) is 38.9 Å². The maximum atomic E-state index is 11.0. The number of hydrogen-bond donors (Lipinski definition) is 2. The molecule has 0 aliphatic rings. The number of hydrogen-bond acceptors (Lipinski definition) is 9. The number of benzene rings is 2. The van der Waals surface area contributed by atoms with E-state index in [9.17, 15) is 8.42 Å². The van der Waals surface area contributed by atoms with Crippen molar-refractivity contribution in [2.75, 3.05) is 0 Å². The number of rotatable bonds is 7. The molecule has 0 fully saturated rings. The van der Waals surface area contributed by atoms with E-state index >= 15 is 0 Å². The highest BCUT2D eigenvalue weighted by Gasteiger charge is 2.08.